The van der Waals surface area contributed by atoms with E-state index in [0.717, 1.165) is 18.2 Å². The Morgan fingerprint density at radius 2 is 1.79 bits per heavy atom. The van der Waals surface area contributed by atoms with E-state index in [1.165, 1.54) is 20.8 Å². The summed E-state index contributed by atoms with van der Waals surface area (Å²) in [6.45, 7) is 8.60. The SMILES string of the molecule is CC(CS(=O)(=O)C(C)(C)C#N)(N[S+]([O-])C(C)(C)C)c1cc([N+](=O)[O-])ccc1F. The highest BCUT2D eigenvalue weighted by Crippen LogP contribution is 2.33. The van der Waals surface area contributed by atoms with Crippen molar-refractivity contribution in [2.45, 2.75) is 56.6 Å². The maximum Gasteiger partial charge on any atom is 0.269 e. The number of rotatable bonds is 7. The molecule has 0 aliphatic carbocycles. The smallest absolute Gasteiger partial charge is 0.269 e. The fourth-order valence-electron chi connectivity index (χ4n) is 2.20. The zero-order chi connectivity index (χ0) is 22.1. The van der Waals surface area contributed by atoms with E-state index in [-0.39, 0.29) is 5.56 Å². The fourth-order valence-corrected chi connectivity index (χ4v) is 4.68. The Morgan fingerprint density at radius 3 is 2.21 bits per heavy atom. The molecule has 0 aromatic heterocycles. The molecule has 2 atom stereocenters. The molecule has 8 nitrogen and oxygen atoms in total. The number of nitro groups is 1. The molecule has 28 heavy (non-hydrogen) atoms. The number of nitriles is 1. The summed E-state index contributed by atoms with van der Waals surface area (Å²) in [6.07, 6.45) is 0. The van der Waals surface area contributed by atoms with Gasteiger partial charge in [0, 0.05) is 29.1 Å². The zero-order valence-corrected chi connectivity index (χ0v) is 18.2. The summed E-state index contributed by atoms with van der Waals surface area (Å²) < 4.78 is 52.9. The molecule has 0 bridgehead atoms. The quantitative estimate of drug-likeness (QED) is 0.396. The largest absolute Gasteiger partial charge is 0.598 e. The van der Waals surface area contributed by atoms with E-state index in [0.29, 0.717) is 0 Å². The highest BCUT2D eigenvalue weighted by atomic mass is 32.2. The van der Waals surface area contributed by atoms with Gasteiger partial charge in [-0.15, -0.1) is 4.72 Å². The number of nitro benzene ring substituents is 1. The van der Waals surface area contributed by atoms with Crippen LogP contribution in [0.4, 0.5) is 10.1 Å². The van der Waals surface area contributed by atoms with Crippen LogP contribution in [0.5, 0.6) is 0 Å². The minimum absolute atomic E-state index is 0.323. The summed E-state index contributed by atoms with van der Waals surface area (Å²) in [6, 6.07) is 4.41. The van der Waals surface area contributed by atoms with Gasteiger partial charge in [-0.3, -0.25) is 10.1 Å². The molecule has 156 valence electrons. The van der Waals surface area contributed by atoms with E-state index in [9.17, 15) is 32.7 Å². The normalized spacial score (nSPS) is 16.1. The molecule has 1 aromatic rings. The van der Waals surface area contributed by atoms with Crippen LogP contribution in [0.2, 0.25) is 0 Å². The first-order valence-electron chi connectivity index (χ1n) is 8.24. The van der Waals surface area contributed by atoms with Crippen molar-refractivity contribution in [2.24, 2.45) is 0 Å². The predicted octanol–water partition coefficient (Wildman–Crippen LogP) is 2.72. The number of hydrogen-bond donors (Lipinski definition) is 1. The van der Waals surface area contributed by atoms with Crippen molar-refractivity contribution in [2.75, 3.05) is 5.75 Å². The Balaban J connectivity index is 3.65. The lowest BCUT2D eigenvalue weighted by molar-refractivity contribution is -0.385. The van der Waals surface area contributed by atoms with E-state index >= 15 is 0 Å². The number of nitrogens with zero attached hydrogens (tertiary/aromatic N) is 2. The van der Waals surface area contributed by atoms with Crippen LogP contribution in [0.15, 0.2) is 18.2 Å². The van der Waals surface area contributed by atoms with Crippen molar-refractivity contribution >= 4 is 26.9 Å². The lowest BCUT2D eigenvalue weighted by atomic mass is 9.94. The van der Waals surface area contributed by atoms with Gasteiger partial charge in [0.2, 0.25) is 0 Å². The first-order chi connectivity index (χ1) is 12.5. The van der Waals surface area contributed by atoms with Crippen molar-refractivity contribution in [1.29, 1.82) is 5.26 Å². The summed E-state index contributed by atoms with van der Waals surface area (Å²) in [5.41, 5.74) is -2.55. The lowest BCUT2D eigenvalue weighted by Gasteiger charge is -2.36. The monoisotopic (exact) mass is 433 g/mol. The molecule has 1 N–H and O–H groups in total. The maximum atomic E-state index is 14.6. The number of nitrogens with one attached hydrogen (secondary N) is 1. The molecule has 0 aliphatic rings. The molecular formula is C17H24FN3O5S2. The highest BCUT2D eigenvalue weighted by Gasteiger charge is 2.46. The van der Waals surface area contributed by atoms with E-state index in [1.54, 1.807) is 26.8 Å². The molecule has 0 aliphatic heterocycles. The van der Waals surface area contributed by atoms with Gasteiger partial charge < -0.3 is 4.55 Å². The van der Waals surface area contributed by atoms with Gasteiger partial charge in [0.05, 0.1) is 16.7 Å². The second kappa shape index (κ2) is 7.94. The predicted molar refractivity (Wildman–Crippen MR) is 105 cm³/mol. The summed E-state index contributed by atoms with van der Waals surface area (Å²) in [4.78, 5) is 10.4. The third-order valence-corrected chi connectivity index (χ3v) is 8.51. The number of sulfone groups is 1. The molecule has 0 fully saturated rings. The molecule has 0 saturated heterocycles. The van der Waals surface area contributed by atoms with Crippen LogP contribution in [0.25, 0.3) is 0 Å². The van der Waals surface area contributed by atoms with Crippen molar-refractivity contribution in [1.82, 2.24) is 4.72 Å². The molecule has 0 spiro atoms. The molecule has 2 unspecified atom stereocenters. The Labute approximate surface area is 167 Å². The molecular weight excluding hydrogens is 409 g/mol. The highest BCUT2D eigenvalue weighted by molar-refractivity contribution is 7.93. The molecule has 0 amide bonds. The van der Waals surface area contributed by atoms with Gasteiger partial charge in [-0.05, 0) is 47.6 Å². The van der Waals surface area contributed by atoms with Crippen molar-refractivity contribution in [3.63, 3.8) is 0 Å². The van der Waals surface area contributed by atoms with Crippen LogP contribution >= 0.6 is 0 Å². The summed E-state index contributed by atoms with van der Waals surface area (Å²) >= 11 is -1.83. The van der Waals surface area contributed by atoms with Gasteiger partial charge >= 0.3 is 0 Å². The zero-order valence-electron chi connectivity index (χ0n) is 16.6. The second-order valence-corrected chi connectivity index (χ2v) is 12.6. The first kappa shape index (κ1) is 24.3. The number of hydrogen-bond acceptors (Lipinski definition) is 7. The van der Waals surface area contributed by atoms with Gasteiger partial charge in [-0.25, -0.2) is 12.8 Å². The van der Waals surface area contributed by atoms with Crippen LogP contribution in [0.3, 0.4) is 0 Å². The van der Waals surface area contributed by atoms with E-state index in [4.69, 9.17) is 0 Å². The Bertz CT molecular complexity index is 906. The topological polar surface area (TPSA) is 136 Å². The van der Waals surface area contributed by atoms with Crippen LogP contribution in [0, 0.1) is 27.3 Å². The number of benzene rings is 1. The van der Waals surface area contributed by atoms with Crippen molar-refractivity contribution in [3.05, 3.63) is 39.7 Å². The van der Waals surface area contributed by atoms with Crippen molar-refractivity contribution in [3.8, 4) is 6.07 Å². The summed E-state index contributed by atoms with van der Waals surface area (Å²) in [5, 5.41) is 20.3. The van der Waals surface area contributed by atoms with Crippen LogP contribution in [-0.4, -0.2) is 33.1 Å². The number of halogens is 1. The average Bonchev–Trinajstić information content (AvgIpc) is 2.53. The molecule has 0 saturated carbocycles. The van der Waals surface area contributed by atoms with E-state index in [2.05, 4.69) is 4.72 Å². The number of non-ortho nitro benzene ring substituents is 1. The van der Waals surface area contributed by atoms with Gasteiger partial charge in [-0.1, -0.05) is 0 Å². The molecule has 11 heteroatoms. The lowest BCUT2D eigenvalue weighted by Crippen LogP contribution is -2.55. The van der Waals surface area contributed by atoms with Gasteiger partial charge in [-0.2, -0.15) is 5.26 Å². The van der Waals surface area contributed by atoms with Gasteiger partial charge in [0.15, 0.2) is 14.6 Å². The third kappa shape index (κ3) is 5.20. The molecule has 1 aromatic carbocycles. The van der Waals surface area contributed by atoms with Crippen LogP contribution < -0.4 is 4.72 Å². The maximum absolute atomic E-state index is 14.6. The van der Waals surface area contributed by atoms with Crippen LogP contribution in [-0.2, 0) is 26.7 Å². The Hall–Kier alpha value is -1.74. The first-order valence-corrected chi connectivity index (χ1v) is 11.0. The third-order valence-electron chi connectivity index (χ3n) is 4.15. The molecule has 0 radical (unpaired) electrons. The summed E-state index contributed by atoms with van der Waals surface area (Å²) in [5.74, 6) is -1.68. The van der Waals surface area contributed by atoms with Gasteiger partial charge in [0.1, 0.15) is 16.1 Å². The standard InChI is InChI=1S/C17H24FN3O5S2/c1-15(2,3)27(24)20-17(6,11-28(25,26)16(4,5)10-19)13-9-12(21(22)23)7-8-14(13)18/h7-9,20H,11H2,1-6H3. The second-order valence-electron chi connectivity index (χ2n) is 8.12. The fraction of sp³-hybridized carbons (Fsp3) is 0.588. The van der Waals surface area contributed by atoms with Crippen LogP contribution in [0.1, 0.15) is 47.1 Å². The molecule has 1 rings (SSSR count). The average molecular weight is 434 g/mol. The Kier molecular flexibility index (Phi) is 6.89. The molecule has 0 heterocycles. The van der Waals surface area contributed by atoms with Gasteiger partial charge in [0.25, 0.3) is 5.69 Å². The minimum Gasteiger partial charge on any atom is -0.598 e. The van der Waals surface area contributed by atoms with E-state index in [1.807, 2.05) is 0 Å². The summed E-state index contributed by atoms with van der Waals surface area (Å²) in [7, 11) is -4.15. The van der Waals surface area contributed by atoms with Crippen molar-refractivity contribution < 1.29 is 22.3 Å². The Morgan fingerprint density at radius 1 is 1.25 bits per heavy atom. The van der Waals surface area contributed by atoms with E-state index < -0.39 is 58.4 Å². The minimum atomic E-state index is -4.15.